The molecule has 5 heteroatoms. The topological polar surface area (TPSA) is 54.7 Å². The molecule has 1 amide bonds. The number of piperidine rings is 1. The fourth-order valence-electron chi connectivity index (χ4n) is 5.80. The van der Waals surface area contributed by atoms with Crippen LogP contribution in [0.15, 0.2) is 34.9 Å². The summed E-state index contributed by atoms with van der Waals surface area (Å²) in [6.45, 7) is 4.95. The first-order chi connectivity index (χ1) is 15.3. The second-order valence-electron chi connectivity index (χ2n) is 9.88. The second-order valence-corrected chi connectivity index (χ2v) is 9.88. The van der Waals surface area contributed by atoms with Gasteiger partial charge in [0.05, 0.1) is 18.8 Å². The number of nitrogens with zero attached hydrogens (tertiary/aromatic N) is 1. The van der Waals surface area contributed by atoms with Crippen molar-refractivity contribution in [2.45, 2.75) is 63.3 Å². The molecule has 1 saturated carbocycles. The lowest BCUT2D eigenvalue weighted by Crippen LogP contribution is -2.41. The Balaban J connectivity index is 1.02. The number of nitrogens with one attached hydrogen (secondary N) is 1. The first-order valence-electron chi connectivity index (χ1n) is 12.3. The number of likely N-dealkylation sites (tertiary alicyclic amines) is 1. The maximum Gasteiger partial charge on any atom is 0.225 e. The van der Waals surface area contributed by atoms with Crippen molar-refractivity contribution in [1.82, 2.24) is 10.2 Å². The van der Waals surface area contributed by atoms with Crippen molar-refractivity contribution in [2.24, 2.45) is 11.8 Å². The molecule has 0 unspecified atom stereocenters. The van der Waals surface area contributed by atoms with Crippen LogP contribution in [0.2, 0.25) is 0 Å². The Morgan fingerprint density at radius 1 is 1.03 bits per heavy atom. The van der Waals surface area contributed by atoms with Gasteiger partial charge < -0.3 is 19.4 Å². The van der Waals surface area contributed by atoms with Crippen molar-refractivity contribution < 1.29 is 13.9 Å². The molecule has 2 saturated heterocycles. The molecule has 0 spiro atoms. The SMILES string of the molecule is O=C(NC1CCC(CCN2CCC(c3coc4ccccc34)CC2)CC1)[C@H]1CCOC1. The summed E-state index contributed by atoms with van der Waals surface area (Å²) in [6, 6.07) is 8.80. The summed E-state index contributed by atoms with van der Waals surface area (Å²) >= 11 is 0. The summed E-state index contributed by atoms with van der Waals surface area (Å²) in [7, 11) is 0. The molecule has 2 aromatic rings. The number of carbonyl (C=O) groups excluding carboxylic acids is 1. The van der Waals surface area contributed by atoms with Crippen molar-refractivity contribution in [3.8, 4) is 0 Å². The highest BCUT2D eigenvalue weighted by molar-refractivity contribution is 5.81. The van der Waals surface area contributed by atoms with Crippen LogP contribution in [0.3, 0.4) is 0 Å². The predicted octanol–water partition coefficient (Wildman–Crippen LogP) is 4.71. The number of fused-ring (bicyclic) bond motifs is 1. The van der Waals surface area contributed by atoms with E-state index in [0.717, 1.165) is 37.4 Å². The van der Waals surface area contributed by atoms with Gasteiger partial charge in [-0.1, -0.05) is 18.2 Å². The van der Waals surface area contributed by atoms with E-state index in [1.54, 1.807) is 0 Å². The van der Waals surface area contributed by atoms with Gasteiger partial charge in [-0.25, -0.2) is 0 Å². The Morgan fingerprint density at radius 2 is 1.84 bits per heavy atom. The van der Waals surface area contributed by atoms with E-state index in [9.17, 15) is 4.79 Å². The van der Waals surface area contributed by atoms with E-state index in [4.69, 9.17) is 9.15 Å². The van der Waals surface area contributed by atoms with E-state index in [1.165, 1.54) is 62.7 Å². The summed E-state index contributed by atoms with van der Waals surface area (Å²) in [5, 5.41) is 4.58. The number of ether oxygens (including phenoxy) is 1. The minimum absolute atomic E-state index is 0.0840. The molecule has 3 heterocycles. The summed E-state index contributed by atoms with van der Waals surface area (Å²) in [4.78, 5) is 15.0. The lowest BCUT2D eigenvalue weighted by molar-refractivity contribution is -0.125. The Labute approximate surface area is 185 Å². The van der Waals surface area contributed by atoms with Gasteiger partial charge >= 0.3 is 0 Å². The molecule has 1 aliphatic carbocycles. The van der Waals surface area contributed by atoms with Crippen molar-refractivity contribution in [3.05, 3.63) is 36.1 Å². The van der Waals surface area contributed by atoms with E-state index >= 15 is 0 Å². The van der Waals surface area contributed by atoms with Gasteiger partial charge in [0, 0.05) is 23.6 Å². The Bertz CT molecular complexity index is 856. The average Bonchev–Trinajstić information content (AvgIpc) is 3.49. The van der Waals surface area contributed by atoms with Crippen molar-refractivity contribution >= 4 is 16.9 Å². The molecule has 1 N–H and O–H groups in total. The Hall–Kier alpha value is -1.85. The first-order valence-corrected chi connectivity index (χ1v) is 12.3. The molecule has 0 bridgehead atoms. The number of amides is 1. The van der Waals surface area contributed by atoms with E-state index in [2.05, 4.69) is 28.4 Å². The molecule has 31 heavy (non-hydrogen) atoms. The quantitative estimate of drug-likeness (QED) is 0.729. The van der Waals surface area contributed by atoms with Crippen LogP contribution in [0.25, 0.3) is 11.0 Å². The second kappa shape index (κ2) is 9.74. The van der Waals surface area contributed by atoms with Crippen LogP contribution in [0, 0.1) is 11.8 Å². The summed E-state index contributed by atoms with van der Waals surface area (Å²) in [6.07, 6.45) is 11.4. The van der Waals surface area contributed by atoms with Crippen molar-refractivity contribution in [1.29, 1.82) is 0 Å². The number of para-hydroxylation sites is 1. The fourth-order valence-corrected chi connectivity index (χ4v) is 5.80. The number of hydrogen-bond acceptors (Lipinski definition) is 4. The van der Waals surface area contributed by atoms with E-state index in [0.29, 0.717) is 18.6 Å². The lowest BCUT2D eigenvalue weighted by atomic mass is 9.83. The molecule has 1 atom stereocenters. The number of hydrogen-bond donors (Lipinski definition) is 1. The summed E-state index contributed by atoms with van der Waals surface area (Å²) in [5.74, 6) is 1.75. The van der Waals surface area contributed by atoms with Crippen molar-refractivity contribution in [2.75, 3.05) is 32.8 Å². The lowest BCUT2D eigenvalue weighted by Gasteiger charge is -2.34. The molecule has 1 aromatic carbocycles. The van der Waals surface area contributed by atoms with Crippen molar-refractivity contribution in [3.63, 3.8) is 0 Å². The van der Waals surface area contributed by atoms with Gasteiger partial charge in [-0.15, -0.1) is 0 Å². The highest BCUT2D eigenvalue weighted by atomic mass is 16.5. The monoisotopic (exact) mass is 424 g/mol. The van der Waals surface area contributed by atoms with Gasteiger partial charge in [0.15, 0.2) is 0 Å². The zero-order valence-electron chi connectivity index (χ0n) is 18.6. The smallest absolute Gasteiger partial charge is 0.225 e. The van der Waals surface area contributed by atoms with Gasteiger partial charge in [0.2, 0.25) is 5.91 Å². The van der Waals surface area contributed by atoms with Gasteiger partial charge in [0.1, 0.15) is 5.58 Å². The minimum Gasteiger partial charge on any atom is -0.464 e. The molecule has 1 aromatic heterocycles. The van der Waals surface area contributed by atoms with Crippen LogP contribution in [0.5, 0.6) is 0 Å². The van der Waals surface area contributed by atoms with Gasteiger partial charge in [-0.2, -0.15) is 0 Å². The van der Waals surface area contributed by atoms with E-state index in [1.807, 2.05) is 12.3 Å². The molecule has 3 fully saturated rings. The third kappa shape index (κ3) is 4.98. The van der Waals surface area contributed by atoms with Gasteiger partial charge in [-0.05, 0) is 88.9 Å². The number of carbonyl (C=O) groups is 1. The summed E-state index contributed by atoms with van der Waals surface area (Å²) in [5.41, 5.74) is 2.42. The van der Waals surface area contributed by atoms with Crippen LogP contribution in [-0.2, 0) is 9.53 Å². The zero-order chi connectivity index (χ0) is 21.0. The number of rotatable bonds is 6. The summed E-state index contributed by atoms with van der Waals surface area (Å²) < 4.78 is 11.1. The van der Waals surface area contributed by atoms with E-state index < -0.39 is 0 Å². The fraction of sp³-hybridized carbons (Fsp3) is 0.654. The molecule has 0 radical (unpaired) electrons. The zero-order valence-corrected chi connectivity index (χ0v) is 18.6. The number of furan rings is 1. The van der Waals surface area contributed by atoms with Crippen LogP contribution in [-0.4, -0.2) is 49.7 Å². The van der Waals surface area contributed by atoms with Crippen LogP contribution >= 0.6 is 0 Å². The molecule has 5 rings (SSSR count). The largest absolute Gasteiger partial charge is 0.464 e. The van der Waals surface area contributed by atoms with Crippen LogP contribution in [0.4, 0.5) is 0 Å². The Morgan fingerprint density at radius 3 is 2.61 bits per heavy atom. The maximum atomic E-state index is 12.3. The maximum absolute atomic E-state index is 12.3. The molecule has 5 nitrogen and oxygen atoms in total. The third-order valence-electron chi connectivity index (χ3n) is 7.89. The van der Waals surface area contributed by atoms with Crippen LogP contribution < -0.4 is 5.32 Å². The normalized spacial score (nSPS) is 28.2. The average molecular weight is 425 g/mol. The Kier molecular flexibility index (Phi) is 6.61. The molecular weight excluding hydrogens is 388 g/mol. The predicted molar refractivity (Wildman–Crippen MR) is 122 cm³/mol. The standard InChI is InChI=1S/C26H36N2O3/c29-26(21-12-16-30-17-21)27-22-7-5-19(6-8-22)9-13-28-14-10-20(11-15-28)24-18-31-25-4-2-1-3-23(24)25/h1-4,18-22H,5-17H2,(H,27,29)/t19?,21-,22?/m0/s1. The van der Waals surface area contributed by atoms with Crippen LogP contribution in [0.1, 0.15) is 62.8 Å². The first kappa shape index (κ1) is 21.0. The van der Waals surface area contributed by atoms with E-state index in [-0.39, 0.29) is 11.8 Å². The third-order valence-corrected chi connectivity index (χ3v) is 7.89. The minimum atomic E-state index is 0.0840. The molecule has 168 valence electrons. The highest BCUT2D eigenvalue weighted by Gasteiger charge is 2.29. The molecular formula is C26H36N2O3. The molecule has 2 aliphatic heterocycles. The van der Waals surface area contributed by atoms with Gasteiger partial charge in [-0.3, -0.25) is 4.79 Å². The van der Waals surface area contributed by atoms with Gasteiger partial charge in [0.25, 0.3) is 0 Å². The number of benzene rings is 1. The highest BCUT2D eigenvalue weighted by Crippen LogP contribution is 2.35. The molecule has 3 aliphatic rings.